The molecule has 4 aromatic carbocycles. The van der Waals surface area contributed by atoms with Crippen LogP contribution in [-0.4, -0.2) is 40.5 Å². The minimum absolute atomic E-state index is 0.0894. The van der Waals surface area contributed by atoms with Gasteiger partial charge in [-0.1, -0.05) is 42.5 Å². The molecule has 0 aromatic heterocycles. The lowest BCUT2D eigenvalue weighted by Gasteiger charge is -2.21. The van der Waals surface area contributed by atoms with Crippen molar-refractivity contribution in [2.45, 2.75) is 26.0 Å². The van der Waals surface area contributed by atoms with Gasteiger partial charge in [-0.05, 0) is 84.6 Å². The molecule has 0 bridgehead atoms. The Morgan fingerprint density at radius 3 is 2.26 bits per heavy atom. The van der Waals surface area contributed by atoms with Crippen molar-refractivity contribution in [2.75, 3.05) is 13.2 Å². The van der Waals surface area contributed by atoms with Crippen LogP contribution < -0.4 is 14.8 Å². The van der Waals surface area contributed by atoms with Crippen LogP contribution in [0.4, 0.5) is 0 Å². The Labute approximate surface area is 221 Å². The van der Waals surface area contributed by atoms with Crippen molar-refractivity contribution < 1.29 is 29.6 Å². The molecule has 0 saturated heterocycles. The van der Waals surface area contributed by atoms with Gasteiger partial charge in [0.05, 0.1) is 6.10 Å². The normalized spacial score (nSPS) is 12.5. The number of hydrogen-bond donors (Lipinski definition) is 4. The van der Waals surface area contributed by atoms with Gasteiger partial charge in [-0.25, -0.2) is 4.79 Å². The van der Waals surface area contributed by atoms with E-state index in [2.05, 4.69) is 5.32 Å². The SMILES string of the molecule is Cc1cc(-c2ccc(C(=O)O)c(Oc3ccccc3)c2)ccc1OCCN[C@H](C)[C@@H](O)c1ccc(O)cc1. The largest absolute Gasteiger partial charge is 0.508 e. The van der Waals surface area contributed by atoms with E-state index in [0.717, 1.165) is 28.0 Å². The van der Waals surface area contributed by atoms with Gasteiger partial charge in [0.1, 0.15) is 35.2 Å². The average Bonchev–Trinajstić information content (AvgIpc) is 2.92. The van der Waals surface area contributed by atoms with Crippen LogP contribution >= 0.6 is 0 Å². The molecule has 0 aliphatic rings. The average molecular weight is 514 g/mol. The highest BCUT2D eigenvalue weighted by molar-refractivity contribution is 5.92. The minimum Gasteiger partial charge on any atom is -0.508 e. The highest BCUT2D eigenvalue weighted by Gasteiger charge is 2.16. The first-order chi connectivity index (χ1) is 18.3. The highest BCUT2D eigenvalue weighted by atomic mass is 16.5. The lowest BCUT2D eigenvalue weighted by Crippen LogP contribution is -2.35. The highest BCUT2D eigenvalue weighted by Crippen LogP contribution is 2.33. The van der Waals surface area contributed by atoms with Gasteiger partial charge in [0.2, 0.25) is 0 Å². The number of phenols is 1. The topological polar surface area (TPSA) is 108 Å². The van der Waals surface area contributed by atoms with E-state index in [1.54, 1.807) is 54.6 Å². The van der Waals surface area contributed by atoms with Gasteiger partial charge < -0.3 is 30.1 Å². The Morgan fingerprint density at radius 2 is 1.58 bits per heavy atom. The summed E-state index contributed by atoms with van der Waals surface area (Å²) in [5, 5.41) is 32.8. The van der Waals surface area contributed by atoms with Crippen LogP contribution in [0.3, 0.4) is 0 Å². The molecule has 38 heavy (non-hydrogen) atoms. The van der Waals surface area contributed by atoms with Gasteiger partial charge in [-0.3, -0.25) is 0 Å². The first kappa shape index (κ1) is 26.7. The number of benzene rings is 4. The van der Waals surface area contributed by atoms with Crippen molar-refractivity contribution in [1.29, 1.82) is 0 Å². The number of hydrogen-bond acceptors (Lipinski definition) is 6. The summed E-state index contributed by atoms with van der Waals surface area (Å²) in [6, 6.07) is 26.2. The molecule has 0 spiro atoms. The van der Waals surface area contributed by atoms with Crippen molar-refractivity contribution in [3.63, 3.8) is 0 Å². The molecule has 0 saturated carbocycles. The fraction of sp³-hybridized carbons (Fsp3) is 0.194. The predicted octanol–water partition coefficient (Wildman–Crippen LogP) is 5.95. The summed E-state index contributed by atoms with van der Waals surface area (Å²) in [4.78, 5) is 11.7. The van der Waals surface area contributed by atoms with E-state index in [-0.39, 0.29) is 23.1 Å². The van der Waals surface area contributed by atoms with Crippen LogP contribution in [0.1, 0.15) is 34.5 Å². The fourth-order valence-corrected chi connectivity index (χ4v) is 4.09. The summed E-state index contributed by atoms with van der Waals surface area (Å²) >= 11 is 0. The van der Waals surface area contributed by atoms with Crippen LogP contribution in [0.5, 0.6) is 23.0 Å². The van der Waals surface area contributed by atoms with E-state index in [0.29, 0.717) is 18.9 Å². The third-order valence-electron chi connectivity index (χ3n) is 6.23. The lowest BCUT2D eigenvalue weighted by atomic mass is 10.0. The summed E-state index contributed by atoms with van der Waals surface area (Å²) in [7, 11) is 0. The standard InChI is InChI=1S/C31H31NO6/c1-20-18-23(24-10-14-27(31(35)36)29(19-24)38-26-6-4-3-5-7-26)11-15-28(20)37-17-16-32-21(2)30(34)22-8-12-25(33)13-9-22/h3-15,18-19,21,30,32-34H,16-17H2,1-2H3,(H,35,36)/t21-,30-/m1/s1. The molecule has 0 aliphatic heterocycles. The molecule has 4 aromatic rings. The van der Waals surface area contributed by atoms with Crippen LogP contribution in [0.2, 0.25) is 0 Å². The zero-order valence-corrected chi connectivity index (χ0v) is 21.3. The van der Waals surface area contributed by atoms with Crippen molar-refractivity contribution in [3.05, 3.63) is 108 Å². The van der Waals surface area contributed by atoms with Crippen LogP contribution in [-0.2, 0) is 0 Å². The van der Waals surface area contributed by atoms with Gasteiger partial charge in [-0.2, -0.15) is 0 Å². The second-order valence-electron chi connectivity index (χ2n) is 9.04. The van der Waals surface area contributed by atoms with Gasteiger partial charge >= 0.3 is 5.97 Å². The summed E-state index contributed by atoms with van der Waals surface area (Å²) in [5.41, 5.74) is 3.49. The summed E-state index contributed by atoms with van der Waals surface area (Å²) in [5.74, 6) is 0.681. The number of carboxylic acid groups (broad SMARTS) is 1. The monoisotopic (exact) mass is 513 g/mol. The van der Waals surface area contributed by atoms with E-state index >= 15 is 0 Å². The maximum Gasteiger partial charge on any atom is 0.339 e. The molecule has 0 amide bonds. The Kier molecular flexibility index (Phi) is 8.63. The molecule has 7 heteroatoms. The Hall–Kier alpha value is -4.33. The molecular formula is C31H31NO6. The van der Waals surface area contributed by atoms with Gasteiger partial charge in [0.15, 0.2) is 0 Å². The molecule has 0 radical (unpaired) electrons. The quantitative estimate of drug-likeness (QED) is 0.184. The Balaban J connectivity index is 1.38. The second-order valence-corrected chi connectivity index (χ2v) is 9.04. The molecule has 4 rings (SSSR count). The third-order valence-corrected chi connectivity index (χ3v) is 6.23. The fourth-order valence-electron chi connectivity index (χ4n) is 4.09. The molecule has 0 aliphatic carbocycles. The number of ether oxygens (including phenoxy) is 2. The number of aromatic carboxylic acids is 1. The number of para-hydroxylation sites is 1. The zero-order valence-electron chi connectivity index (χ0n) is 21.3. The molecule has 0 heterocycles. The molecule has 4 N–H and O–H groups in total. The molecule has 7 nitrogen and oxygen atoms in total. The number of aryl methyl sites for hydroxylation is 1. The number of aromatic hydroxyl groups is 1. The number of aliphatic hydroxyl groups is 1. The Morgan fingerprint density at radius 1 is 0.895 bits per heavy atom. The number of aliphatic hydroxyl groups excluding tert-OH is 1. The van der Waals surface area contributed by atoms with Crippen molar-refractivity contribution >= 4 is 5.97 Å². The van der Waals surface area contributed by atoms with E-state index < -0.39 is 12.1 Å². The third kappa shape index (κ3) is 6.70. The van der Waals surface area contributed by atoms with E-state index in [4.69, 9.17) is 9.47 Å². The van der Waals surface area contributed by atoms with Crippen LogP contribution in [0, 0.1) is 6.92 Å². The second kappa shape index (κ2) is 12.3. The smallest absolute Gasteiger partial charge is 0.339 e. The predicted molar refractivity (Wildman–Crippen MR) is 146 cm³/mol. The molecule has 0 unspecified atom stereocenters. The summed E-state index contributed by atoms with van der Waals surface area (Å²) < 4.78 is 11.8. The molecule has 2 atom stereocenters. The van der Waals surface area contributed by atoms with E-state index in [1.165, 1.54) is 0 Å². The summed E-state index contributed by atoms with van der Waals surface area (Å²) in [6.07, 6.45) is -0.708. The van der Waals surface area contributed by atoms with Crippen LogP contribution in [0.25, 0.3) is 11.1 Å². The number of rotatable bonds is 11. The Bertz CT molecular complexity index is 1370. The number of carboxylic acids is 1. The molecular weight excluding hydrogens is 482 g/mol. The van der Waals surface area contributed by atoms with E-state index in [1.807, 2.05) is 50.2 Å². The number of nitrogens with one attached hydrogen (secondary N) is 1. The van der Waals surface area contributed by atoms with Crippen molar-refractivity contribution in [2.24, 2.45) is 0 Å². The van der Waals surface area contributed by atoms with Crippen molar-refractivity contribution in [1.82, 2.24) is 5.32 Å². The first-order valence-electron chi connectivity index (χ1n) is 12.4. The van der Waals surface area contributed by atoms with Gasteiger partial charge in [0, 0.05) is 12.6 Å². The maximum atomic E-state index is 11.7. The van der Waals surface area contributed by atoms with Gasteiger partial charge in [0.25, 0.3) is 0 Å². The van der Waals surface area contributed by atoms with Crippen LogP contribution in [0.15, 0.2) is 91.0 Å². The summed E-state index contributed by atoms with van der Waals surface area (Å²) in [6.45, 7) is 4.79. The molecule has 196 valence electrons. The maximum absolute atomic E-state index is 11.7. The van der Waals surface area contributed by atoms with Crippen molar-refractivity contribution in [3.8, 4) is 34.1 Å². The minimum atomic E-state index is -1.05. The lowest BCUT2D eigenvalue weighted by molar-refractivity contribution is 0.0694. The first-order valence-corrected chi connectivity index (χ1v) is 12.4. The number of phenolic OH excluding ortho intramolecular Hbond substituents is 1. The van der Waals surface area contributed by atoms with E-state index in [9.17, 15) is 20.1 Å². The van der Waals surface area contributed by atoms with Gasteiger partial charge in [-0.15, -0.1) is 0 Å². The number of carbonyl (C=O) groups is 1. The molecule has 0 fully saturated rings. The zero-order chi connectivity index (χ0) is 27.1.